The van der Waals surface area contributed by atoms with Crippen LogP contribution in [-0.2, 0) is 27.4 Å². The van der Waals surface area contributed by atoms with E-state index in [0.29, 0.717) is 18.8 Å². The maximum Gasteiger partial charge on any atom is 0.243 e. The molecule has 0 aliphatic heterocycles. The van der Waals surface area contributed by atoms with Crippen LogP contribution in [0.1, 0.15) is 44.7 Å². The van der Waals surface area contributed by atoms with Crippen molar-refractivity contribution in [1.29, 1.82) is 0 Å². The fraction of sp³-hybridized carbons (Fsp3) is 0.444. The highest BCUT2D eigenvalue weighted by molar-refractivity contribution is 5.88. The third-order valence-electron chi connectivity index (χ3n) is 5.88. The number of amides is 3. The maximum atomic E-state index is 13.0. The SMILES string of the molecule is CC(CCC(=O)NC(Cc1ccc(OCc2ccccc2)cc1)C(=O)NC(CO)C(C)C)C(N)=O. The van der Waals surface area contributed by atoms with Gasteiger partial charge in [0, 0.05) is 18.8 Å². The molecule has 8 nitrogen and oxygen atoms in total. The first-order valence-electron chi connectivity index (χ1n) is 11.9. The van der Waals surface area contributed by atoms with Gasteiger partial charge in [0.15, 0.2) is 0 Å². The van der Waals surface area contributed by atoms with Gasteiger partial charge in [0.2, 0.25) is 17.7 Å². The molecule has 0 aromatic heterocycles. The number of carbonyl (C=O) groups is 3. The lowest BCUT2D eigenvalue weighted by molar-refractivity contribution is -0.130. The van der Waals surface area contributed by atoms with E-state index in [-0.39, 0.29) is 37.2 Å². The molecular weight excluding hydrogens is 446 g/mol. The Hall–Kier alpha value is -3.39. The van der Waals surface area contributed by atoms with Gasteiger partial charge in [-0.2, -0.15) is 0 Å². The molecule has 3 unspecified atom stereocenters. The Bertz CT molecular complexity index is 947. The van der Waals surface area contributed by atoms with Crippen LogP contribution in [0.2, 0.25) is 0 Å². The standard InChI is InChI=1S/C27H37N3O5/c1-18(2)24(16-31)30-27(34)23(29-25(32)14-9-19(3)26(28)33)15-20-10-12-22(13-11-20)35-17-21-7-5-4-6-8-21/h4-8,10-13,18-19,23-24,31H,9,14-17H2,1-3H3,(H2,28,33)(H,29,32)(H,30,34). The number of aliphatic hydroxyl groups excluding tert-OH is 1. The minimum absolute atomic E-state index is 0.0257. The van der Waals surface area contributed by atoms with E-state index in [1.165, 1.54) is 0 Å². The fourth-order valence-electron chi connectivity index (χ4n) is 3.37. The van der Waals surface area contributed by atoms with Crippen molar-refractivity contribution in [2.24, 2.45) is 17.6 Å². The van der Waals surface area contributed by atoms with Crippen LogP contribution in [0.4, 0.5) is 0 Å². The maximum absolute atomic E-state index is 13.0. The second-order valence-corrected chi connectivity index (χ2v) is 9.13. The summed E-state index contributed by atoms with van der Waals surface area (Å²) in [5.41, 5.74) is 7.17. The van der Waals surface area contributed by atoms with E-state index in [4.69, 9.17) is 10.5 Å². The normalized spacial score (nSPS) is 13.5. The summed E-state index contributed by atoms with van der Waals surface area (Å²) in [6, 6.07) is 15.9. The smallest absolute Gasteiger partial charge is 0.243 e. The molecule has 0 radical (unpaired) electrons. The molecule has 0 fully saturated rings. The number of nitrogens with one attached hydrogen (secondary N) is 2. The summed E-state index contributed by atoms with van der Waals surface area (Å²) >= 11 is 0. The van der Waals surface area contributed by atoms with Crippen LogP contribution in [0.5, 0.6) is 5.75 Å². The molecule has 3 atom stereocenters. The van der Waals surface area contributed by atoms with Gasteiger partial charge in [0.1, 0.15) is 18.4 Å². The van der Waals surface area contributed by atoms with Crippen LogP contribution in [0.3, 0.4) is 0 Å². The van der Waals surface area contributed by atoms with Gasteiger partial charge < -0.3 is 26.2 Å². The molecule has 190 valence electrons. The molecule has 0 aliphatic rings. The molecule has 0 aliphatic carbocycles. The Morgan fingerprint density at radius 3 is 2.17 bits per heavy atom. The Kier molecular flexibility index (Phi) is 11.2. The Labute approximate surface area is 207 Å². The Balaban J connectivity index is 2.04. The summed E-state index contributed by atoms with van der Waals surface area (Å²) in [6.07, 6.45) is 0.639. The van der Waals surface area contributed by atoms with Crippen molar-refractivity contribution in [3.63, 3.8) is 0 Å². The topological polar surface area (TPSA) is 131 Å². The first kappa shape index (κ1) is 27.9. The van der Waals surface area contributed by atoms with Crippen LogP contribution in [0, 0.1) is 11.8 Å². The zero-order valence-corrected chi connectivity index (χ0v) is 20.7. The second-order valence-electron chi connectivity index (χ2n) is 9.13. The van der Waals surface area contributed by atoms with Gasteiger partial charge in [0.05, 0.1) is 12.6 Å². The van der Waals surface area contributed by atoms with Crippen LogP contribution >= 0.6 is 0 Å². The highest BCUT2D eigenvalue weighted by atomic mass is 16.5. The average molecular weight is 484 g/mol. The van der Waals surface area contributed by atoms with Gasteiger partial charge in [-0.3, -0.25) is 14.4 Å². The molecule has 0 heterocycles. The van der Waals surface area contributed by atoms with Crippen molar-refractivity contribution in [2.75, 3.05) is 6.61 Å². The highest BCUT2D eigenvalue weighted by Gasteiger charge is 2.25. The van der Waals surface area contributed by atoms with E-state index in [9.17, 15) is 19.5 Å². The number of benzene rings is 2. The minimum Gasteiger partial charge on any atom is -0.489 e. The molecule has 2 aromatic rings. The number of rotatable bonds is 14. The quantitative estimate of drug-likeness (QED) is 0.328. The van der Waals surface area contributed by atoms with Crippen LogP contribution in [0.15, 0.2) is 54.6 Å². The van der Waals surface area contributed by atoms with Crippen molar-refractivity contribution >= 4 is 17.7 Å². The summed E-state index contributed by atoms with van der Waals surface area (Å²) < 4.78 is 5.82. The highest BCUT2D eigenvalue weighted by Crippen LogP contribution is 2.16. The van der Waals surface area contributed by atoms with Crippen molar-refractivity contribution in [1.82, 2.24) is 10.6 Å². The first-order chi connectivity index (χ1) is 16.7. The summed E-state index contributed by atoms with van der Waals surface area (Å²) in [5, 5.41) is 15.2. The van der Waals surface area contributed by atoms with Crippen molar-refractivity contribution in [2.45, 2.75) is 58.7 Å². The molecule has 2 aromatic carbocycles. The van der Waals surface area contributed by atoms with Gasteiger partial charge in [-0.25, -0.2) is 0 Å². The predicted molar refractivity (Wildman–Crippen MR) is 134 cm³/mol. The summed E-state index contributed by atoms with van der Waals surface area (Å²) in [4.78, 5) is 36.8. The van der Waals surface area contributed by atoms with Gasteiger partial charge in [-0.05, 0) is 35.6 Å². The minimum atomic E-state index is -0.838. The number of ether oxygens (including phenoxy) is 1. The molecule has 5 N–H and O–H groups in total. The number of primary amides is 1. The number of aliphatic hydroxyl groups is 1. The van der Waals surface area contributed by atoms with Crippen molar-refractivity contribution in [3.05, 3.63) is 65.7 Å². The third kappa shape index (κ3) is 9.78. The zero-order chi connectivity index (χ0) is 25.8. The van der Waals surface area contributed by atoms with E-state index >= 15 is 0 Å². The molecule has 0 saturated carbocycles. The predicted octanol–water partition coefficient (Wildman–Crippen LogP) is 2.33. The Morgan fingerprint density at radius 1 is 0.943 bits per heavy atom. The van der Waals surface area contributed by atoms with E-state index in [0.717, 1.165) is 11.1 Å². The van der Waals surface area contributed by atoms with E-state index < -0.39 is 23.9 Å². The van der Waals surface area contributed by atoms with Crippen molar-refractivity contribution in [3.8, 4) is 5.75 Å². The molecule has 0 saturated heterocycles. The van der Waals surface area contributed by atoms with E-state index in [1.54, 1.807) is 6.92 Å². The molecule has 35 heavy (non-hydrogen) atoms. The van der Waals surface area contributed by atoms with Crippen LogP contribution in [-0.4, -0.2) is 41.5 Å². The lowest BCUT2D eigenvalue weighted by Crippen LogP contribution is -2.52. The number of hydrogen-bond acceptors (Lipinski definition) is 5. The van der Waals surface area contributed by atoms with Crippen LogP contribution in [0.25, 0.3) is 0 Å². The lowest BCUT2D eigenvalue weighted by atomic mass is 10.0. The number of nitrogens with two attached hydrogens (primary N) is 1. The molecule has 2 rings (SSSR count). The molecule has 0 spiro atoms. The zero-order valence-electron chi connectivity index (χ0n) is 20.7. The van der Waals surface area contributed by atoms with Crippen molar-refractivity contribution < 1.29 is 24.2 Å². The fourth-order valence-corrected chi connectivity index (χ4v) is 3.37. The lowest BCUT2D eigenvalue weighted by Gasteiger charge is -2.25. The molecular formula is C27H37N3O5. The van der Waals surface area contributed by atoms with E-state index in [1.807, 2.05) is 68.4 Å². The molecule has 0 bridgehead atoms. The average Bonchev–Trinajstić information content (AvgIpc) is 2.85. The third-order valence-corrected chi connectivity index (χ3v) is 5.88. The summed E-state index contributed by atoms with van der Waals surface area (Å²) in [6.45, 7) is 5.70. The summed E-state index contributed by atoms with van der Waals surface area (Å²) in [7, 11) is 0. The van der Waals surface area contributed by atoms with Gasteiger partial charge in [-0.1, -0.05) is 63.2 Å². The molecule has 8 heteroatoms. The Morgan fingerprint density at radius 2 is 1.60 bits per heavy atom. The van der Waals surface area contributed by atoms with Gasteiger partial charge in [0.25, 0.3) is 0 Å². The van der Waals surface area contributed by atoms with Crippen LogP contribution < -0.4 is 21.1 Å². The number of carbonyl (C=O) groups excluding carboxylic acids is 3. The van der Waals surface area contributed by atoms with E-state index in [2.05, 4.69) is 10.6 Å². The van der Waals surface area contributed by atoms with Gasteiger partial charge in [-0.15, -0.1) is 0 Å². The first-order valence-corrected chi connectivity index (χ1v) is 11.9. The second kappa shape index (κ2) is 14.1. The summed E-state index contributed by atoms with van der Waals surface area (Å²) in [5.74, 6) is -0.897. The number of hydrogen-bond donors (Lipinski definition) is 4. The largest absolute Gasteiger partial charge is 0.489 e. The monoisotopic (exact) mass is 483 g/mol. The molecule has 3 amide bonds. The van der Waals surface area contributed by atoms with Gasteiger partial charge >= 0.3 is 0 Å².